The third-order valence-corrected chi connectivity index (χ3v) is 5.17. The minimum Gasteiger partial charge on any atom is -0.362 e. The van der Waals surface area contributed by atoms with Crippen molar-refractivity contribution in [2.75, 3.05) is 17.2 Å². The van der Waals surface area contributed by atoms with E-state index in [0.717, 1.165) is 17.6 Å². The molecular formula is C20H15F6N5OS2. The molecule has 2 aromatic carbocycles. The van der Waals surface area contributed by atoms with Gasteiger partial charge in [-0.05, 0) is 72.1 Å². The van der Waals surface area contributed by atoms with E-state index in [1.54, 1.807) is 24.3 Å². The molecule has 0 fully saturated rings. The summed E-state index contributed by atoms with van der Waals surface area (Å²) in [7, 11) is 0. The lowest BCUT2D eigenvalue weighted by molar-refractivity contribution is -0.143. The number of hydrogen-bond acceptors (Lipinski definition) is 5. The van der Waals surface area contributed by atoms with Crippen molar-refractivity contribution in [3.63, 3.8) is 0 Å². The predicted molar refractivity (Wildman–Crippen MR) is 119 cm³/mol. The summed E-state index contributed by atoms with van der Waals surface area (Å²) in [5.74, 6) is -0.423. The Morgan fingerprint density at radius 2 is 1.59 bits per heavy atom. The number of carbonyl (C=O) groups is 1. The van der Waals surface area contributed by atoms with Crippen molar-refractivity contribution in [2.24, 2.45) is 0 Å². The van der Waals surface area contributed by atoms with Gasteiger partial charge in [0.05, 0.1) is 11.1 Å². The fourth-order valence-corrected chi connectivity index (χ4v) is 3.47. The van der Waals surface area contributed by atoms with Gasteiger partial charge in [-0.25, -0.2) is 0 Å². The molecule has 180 valence electrons. The monoisotopic (exact) mass is 519 g/mol. The maximum absolute atomic E-state index is 13.2. The molecule has 0 aliphatic heterocycles. The Balaban J connectivity index is 1.54. The summed E-state index contributed by atoms with van der Waals surface area (Å²) >= 11 is 6.15. The van der Waals surface area contributed by atoms with Crippen LogP contribution >= 0.6 is 23.8 Å². The van der Waals surface area contributed by atoms with Gasteiger partial charge in [0.15, 0.2) is 10.8 Å². The molecule has 0 atom stereocenters. The van der Waals surface area contributed by atoms with Gasteiger partial charge in [0.25, 0.3) is 5.91 Å². The van der Waals surface area contributed by atoms with Crippen molar-refractivity contribution >= 4 is 46.1 Å². The molecule has 0 spiro atoms. The molecule has 3 aromatic rings. The van der Waals surface area contributed by atoms with Crippen molar-refractivity contribution < 1.29 is 31.1 Å². The molecule has 6 nitrogen and oxygen atoms in total. The maximum Gasteiger partial charge on any atom is 0.416 e. The highest BCUT2D eigenvalue weighted by Crippen LogP contribution is 2.37. The van der Waals surface area contributed by atoms with E-state index in [0.29, 0.717) is 17.4 Å². The number of carbonyl (C=O) groups excluding carboxylic acids is 1. The highest BCUT2D eigenvalue weighted by Gasteiger charge is 2.37. The first kappa shape index (κ1) is 25.4. The third kappa shape index (κ3) is 6.87. The van der Waals surface area contributed by atoms with Crippen LogP contribution in [0.5, 0.6) is 0 Å². The summed E-state index contributed by atoms with van der Waals surface area (Å²) in [5, 5.41) is 13.4. The summed E-state index contributed by atoms with van der Waals surface area (Å²) < 4.78 is 81.6. The number of anilines is 2. The smallest absolute Gasteiger partial charge is 0.362 e. The molecule has 0 aliphatic carbocycles. The highest BCUT2D eigenvalue weighted by atomic mass is 32.1. The normalized spacial score (nSPS) is 11.7. The number of rotatable bonds is 6. The van der Waals surface area contributed by atoms with Gasteiger partial charge >= 0.3 is 12.4 Å². The van der Waals surface area contributed by atoms with Crippen molar-refractivity contribution in [3.05, 3.63) is 70.2 Å². The van der Waals surface area contributed by atoms with E-state index in [4.69, 9.17) is 12.2 Å². The molecule has 0 bridgehead atoms. The Morgan fingerprint density at radius 1 is 0.941 bits per heavy atom. The van der Waals surface area contributed by atoms with Crippen LogP contribution in [0.15, 0.2) is 47.8 Å². The molecule has 34 heavy (non-hydrogen) atoms. The van der Waals surface area contributed by atoms with Crippen LogP contribution in [-0.2, 0) is 18.8 Å². The van der Waals surface area contributed by atoms with Crippen LogP contribution in [0.1, 0.15) is 27.2 Å². The van der Waals surface area contributed by atoms with Gasteiger partial charge in [0.1, 0.15) is 0 Å². The van der Waals surface area contributed by atoms with Crippen LogP contribution in [0.4, 0.5) is 37.7 Å². The number of aromatic nitrogens is 2. The molecule has 1 amide bonds. The van der Waals surface area contributed by atoms with E-state index in [2.05, 4.69) is 25.5 Å². The zero-order chi connectivity index (χ0) is 24.9. The van der Waals surface area contributed by atoms with Crippen LogP contribution < -0.4 is 16.0 Å². The third-order valence-electron chi connectivity index (χ3n) is 4.42. The fraction of sp³-hybridized carbons (Fsp3) is 0.200. The molecule has 3 N–H and O–H groups in total. The number of benzene rings is 2. The quantitative estimate of drug-likeness (QED) is 0.301. The Morgan fingerprint density at radius 3 is 2.15 bits per heavy atom. The first-order valence-corrected chi connectivity index (χ1v) is 10.7. The van der Waals surface area contributed by atoms with Crippen molar-refractivity contribution in [3.8, 4) is 0 Å². The van der Waals surface area contributed by atoms with Crippen LogP contribution in [0.25, 0.3) is 0 Å². The summed E-state index contributed by atoms with van der Waals surface area (Å²) in [4.78, 5) is 11.9. The molecular weight excluding hydrogens is 504 g/mol. The number of alkyl halides is 6. The minimum absolute atomic E-state index is 0.0455. The Labute approximate surface area is 198 Å². The van der Waals surface area contributed by atoms with E-state index in [9.17, 15) is 31.1 Å². The molecule has 0 radical (unpaired) electrons. The standard InChI is InChI=1S/C20H15F6N5OS2/c21-19(22,23)12-2-1-11(15(9-12)20(24,25)26)7-8-27-18(33)29-14-5-3-13(4-6-14)28-17(32)16-10-34-31-30-16/h1-6,9-10H,7-8H2,(H,28,32)(H2,27,29,33). The average molecular weight is 519 g/mol. The van der Waals surface area contributed by atoms with Crippen molar-refractivity contribution in [2.45, 2.75) is 18.8 Å². The zero-order valence-electron chi connectivity index (χ0n) is 16.9. The molecule has 14 heteroatoms. The number of thiocarbonyl (C=S) groups is 1. The van der Waals surface area contributed by atoms with Gasteiger partial charge in [0, 0.05) is 23.3 Å². The highest BCUT2D eigenvalue weighted by molar-refractivity contribution is 7.80. The summed E-state index contributed by atoms with van der Waals surface area (Å²) in [6, 6.07) is 7.96. The average Bonchev–Trinajstić information content (AvgIpc) is 3.29. The van der Waals surface area contributed by atoms with E-state index in [1.807, 2.05) is 0 Å². The minimum atomic E-state index is -4.93. The van der Waals surface area contributed by atoms with Gasteiger partial charge in [0.2, 0.25) is 0 Å². The lowest BCUT2D eigenvalue weighted by atomic mass is 10.0. The summed E-state index contributed by atoms with van der Waals surface area (Å²) in [5.41, 5.74) is -1.78. The molecule has 0 saturated heterocycles. The van der Waals surface area contributed by atoms with Crippen LogP contribution in [-0.4, -0.2) is 27.2 Å². The fourth-order valence-electron chi connectivity index (χ4n) is 2.82. The van der Waals surface area contributed by atoms with Crippen LogP contribution in [0.2, 0.25) is 0 Å². The number of amides is 1. The zero-order valence-corrected chi connectivity index (χ0v) is 18.6. The van der Waals surface area contributed by atoms with E-state index < -0.39 is 29.4 Å². The molecule has 3 rings (SSSR count). The van der Waals surface area contributed by atoms with Crippen molar-refractivity contribution in [1.29, 1.82) is 0 Å². The van der Waals surface area contributed by atoms with Gasteiger partial charge in [-0.3, -0.25) is 4.79 Å². The number of hydrogen-bond donors (Lipinski definition) is 3. The molecule has 0 unspecified atom stereocenters. The Hall–Kier alpha value is -3.26. The largest absolute Gasteiger partial charge is 0.416 e. The molecule has 1 aromatic heterocycles. The number of halogens is 6. The summed E-state index contributed by atoms with van der Waals surface area (Å²) in [6.07, 6.45) is -10.0. The second-order valence-corrected chi connectivity index (χ2v) is 7.84. The number of nitrogens with one attached hydrogen (secondary N) is 3. The number of nitrogens with zero attached hydrogens (tertiary/aromatic N) is 2. The van der Waals surface area contributed by atoms with Gasteiger partial charge in [-0.2, -0.15) is 26.3 Å². The SMILES string of the molecule is O=C(Nc1ccc(NC(=S)NCCc2ccc(C(F)(F)F)cc2C(F)(F)F)cc1)c1csnn1. The Kier molecular flexibility index (Phi) is 7.71. The Bertz CT molecular complexity index is 1150. The summed E-state index contributed by atoms with van der Waals surface area (Å²) in [6.45, 7) is -0.0455. The van der Waals surface area contributed by atoms with Crippen LogP contribution in [0.3, 0.4) is 0 Å². The van der Waals surface area contributed by atoms with Gasteiger partial charge < -0.3 is 16.0 Å². The van der Waals surface area contributed by atoms with E-state index in [-0.39, 0.29) is 35.4 Å². The second-order valence-electron chi connectivity index (χ2n) is 6.82. The lowest BCUT2D eigenvalue weighted by Gasteiger charge is -2.17. The molecule has 0 aliphatic rings. The lowest BCUT2D eigenvalue weighted by Crippen LogP contribution is -2.30. The topological polar surface area (TPSA) is 78.9 Å². The molecule has 0 saturated carbocycles. The first-order valence-electron chi connectivity index (χ1n) is 9.44. The maximum atomic E-state index is 13.2. The van der Waals surface area contributed by atoms with E-state index in [1.165, 1.54) is 5.38 Å². The predicted octanol–water partition coefficient (Wildman–Crippen LogP) is 5.36. The van der Waals surface area contributed by atoms with Gasteiger partial charge in [-0.1, -0.05) is 10.6 Å². The molecule has 1 heterocycles. The van der Waals surface area contributed by atoms with Crippen LogP contribution in [0, 0.1) is 0 Å². The van der Waals surface area contributed by atoms with Crippen molar-refractivity contribution in [1.82, 2.24) is 14.9 Å². The first-order chi connectivity index (χ1) is 15.9. The second kappa shape index (κ2) is 10.3. The van der Waals surface area contributed by atoms with E-state index >= 15 is 0 Å². The van der Waals surface area contributed by atoms with Gasteiger partial charge in [-0.15, -0.1) is 5.10 Å².